The normalized spacial score (nSPS) is 22.4. The molecule has 5 heteroatoms. The second-order valence-electron chi connectivity index (χ2n) is 5.72. The monoisotopic (exact) mass is 290 g/mol. The highest BCUT2D eigenvalue weighted by molar-refractivity contribution is 5.19. The third-order valence-electron chi connectivity index (χ3n) is 4.09. The summed E-state index contributed by atoms with van der Waals surface area (Å²) < 4.78 is 18.1. The first-order chi connectivity index (χ1) is 10.2. The van der Waals surface area contributed by atoms with Gasteiger partial charge in [-0.3, -0.25) is 0 Å². The van der Waals surface area contributed by atoms with E-state index in [4.69, 9.17) is 4.52 Å². The number of benzene rings is 1. The lowest BCUT2D eigenvalue weighted by Gasteiger charge is -2.26. The molecular formula is C16H19FN2O2. The zero-order chi connectivity index (χ0) is 14.7. The van der Waals surface area contributed by atoms with Crippen LogP contribution in [-0.4, -0.2) is 21.4 Å². The van der Waals surface area contributed by atoms with Gasteiger partial charge in [0.2, 0.25) is 5.89 Å². The zero-order valence-electron chi connectivity index (χ0n) is 11.8. The van der Waals surface area contributed by atoms with Crippen molar-refractivity contribution in [2.24, 2.45) is 5.92 Å². The number of aliphatic hydroxyl groups excluding tert-OH is 1. The average Bonchev–Trinajstić information content (AvgIpc) is 2.91. The quantitative estimate of drug-likeness (QED) is 0.940. The van der Waals surface area contributed by atoms with Gasteiger partial charge < -0.3 is 9.63 Å². The molecule has 2 aromatic rings. The predicted molar refractivity (Wildman–Crippen MR) is 75.2 cm³/mol. The van der Waals surface area contributed by atoms with Gasteiger partial charge in [-0.15, -0.1) is 0 Å². The van der Waals surface area contributed by atoms with Gasteiger partial charge in [0.15, 0.2) is 5.82 Å². The summed E-state index contributed by atoms with van der Waals surface area (Å²) in [7, 11) is 0. The summed E-state index contributed by atoms with van der Waals surface area (Å²) in [5, 5.41) is 13.9. The molecule has 1 N–H and O–H groups in total. The Balaban J connectivity index is 1.61. The minimum absolute atomic E-state index is 0.220. The summed E-state index contributed by atoms with van der Waals surface area (Å²) >= 11 is 0. The lowest BCUT2D eigenvalue weighted by molar-refractivity contribution is 0.0657. The fraction of sp³-hybridized carbons (Fsp3) is 0.500. The van der Waals surface area contributed by atoms with Gasteiger partial charge in [-0.05, 0) is 36.5 Å². The van der Waals surface area contributed by atoms with Crippen molar-refractivity contribution < 1.29 is 14.0 Å². The molecule has 0 aliphatic heterocycles. The lowest BCUT2D eigenvalue weighted by atomic mass is 9.84. The van der Waals surface area contributed by atoms with Crippen LogP contribution in [0.15, 0.2) is 28.8 Å². The lowest BCUT2D eigenvalue weighted by Crippen LogP contribution is -2.26. The number of aliphatic hydroxyl groups is 1. The van der Waals surface area contributed by atoms with Crippen molar-refractivity contribution >= 4 is 0 Å². The van der Waals surface area contributed by atoms with E-state index in [-0.39, 0.29) is 17.8 Å². The van der Waals surface area contributed by atoms with E-state index in [1.807, 2.05) is 0 Å². The van der Waals surface area contributed by atoms with E-state index < -0.39 is 0 Å². The molecule has 1 heterocycles. The molecule has 1 aliphatic carbocycles. The molecule has 3 rings (SSSR count). The number of hydrogen-bond acceptors (Lipinski definition) is 4. The molecule has 1 fully saturated rings. The molecule has 0 spiro atoms. The Morgan fingerprint density at radius 1 is 1.19 bits per heavy atom. The SMILES string of the molecule is OC1CCCCC1Cc1nc(Cc2ccc(F)cc2)no1. The third-order valence-corrected chi connectivity index (χ3v) is 4.09. The summed E-state index contributed by atoms with van der Waals surface area (Å²) in [6.45, 7) is 0. The van der Waals surface area contributed by atoms with Crippen LogP contribution in [0.2, 0.25) is 0 Å². The largest absolute Gasteiger partial charge is 0.393 e. The van der Waals surface area contributed by atoms with Crippen molar-refractivity contribution in [2.45, 2.75) is 44.6 Å². The van der Waals surface area contributed by atoms with Crippen molar-refractivity contribution in [1.29, 1.82) is 0 Å². The predicted octanol–water partition coefficient (Wildman–Crippen LogP) is 2.89. The van der Waals surface area contributed by atoms with Crippen LogP contribution in [0.4, 0.5) is 4.39 Å². The highest BCUT2D eigenvalue weighted by Crippen LogP contribution is 2.27. The topological polar surface area (TPSA) is 59.2 Å². The summed E-state index contributed by atoms with van der Waals surface area (Å²) in [6, 6.07) is 6.29. The smallest absolute Gasteiger partial charge is 0.227 e. The highest BCUT2D eigenvalue weighted by atomic mass is 19.1. The van der Waals surface area contributed by atoms with Gasteiger partial charge in [0, 0.05) is 12.8 Å². The Morgan fingerprint density at radius 2 is 1.95 bits per heavy atom. The van der Waals surface area contributed by atoms with Gasteiger partial charge in [0.1, 0.15) is 5.82 Å². The molecular weight excluding hydrogens is 271 g/mol. The maximum absolute atomic E-state index is 12.9. The molecule has 21 heavy (non-hydrogen) atoms. The molecule has 1 saturated carbocycles. The van der Waals surface area contributed by atoms with Crippen molar-refractivity contribution in [3.63, 3.8) is 0 Å². The molecule has 0 saturated heterocycles. The molecule has 1 aromatic heterocycles. The maximum Gasteiger partial charge on any atom is 0.227 e. The molecule has 0 amide bonds. The first kappa shape index (κ1) is 14.2. The molecule has 0 bridgehead atoms. The Bertz CT molecular complexity index is 582. The molecule has 0 radical (unpaired) electrons. The Hall–Kier alpha value is -1.75. The first-order valence-corrected chi connectivity index (χ1v) is 7.44. The van der Waals surface area contributed by atoms with E-state index in [9.17, 15) is 9.50 Å². The molecule has 4 nitrogen and oxygen atoms in total. The number of aromatic nitrogens is 2. The van der Waals surface area contributed by atoms with Gasteiger partial charge in [0.05, 0.1) is 6.10 Å². The molecule has 2 unspecified atom stereocenters. The van der Waals surface area contributed by atoms with Crippen LogP contribution in [0.1, 0.15) is 43.0 Å². The minimum atomic E-state index is -0.258. The molecule has 1 aromatic carbocycles. The molecule has 2 atom stereocenters. The van der Waals surface area contributed by atoms with Crippen LogP contribution in [0.3, 0.4) is 0 Å². The van der Waals surface area contributed by atoms with E-state index in [2.05, 4.69) is 10.1 Å². The van der Waals surface area contributed by atoms with Crippen LogP contribution in [0.5, 0.6) is 0 Å². The Morgan fingerprint density at radius 3 is 2.71 bits per heavy atom. The second kappa shape index (κ2) is 6.35. The minimum Gasteiger partial charge on any atom is -0.393 e. The zero-order valence-corrected chi connectivity index (χ0v) is 11.8. The van der Waals surface area contributed by atoms with Crippen molar-refractivity contribution in [1.82, 2.24) is 10.1 Å². The average molecular weight is 290 g/mol. The van der Waals surface area contributed by atoms with Crippen LogP contribution in [0, 0.1) is 11.7 Å². The number of halogens is 1. The fourth-order valence-electron chi connectivity index (χ4n) is 2.88. The van der Waals surface area contributed by atoms with Crippen molar-refractivity contribution in [3.05, 3.63) is 47.4 Å². The highest BCUT2D eigenvalue weighted by Gasteiger charge is 2.25. The van der Waals surface area contributed by atoms with E-state index in [0.29, 0.717) is 24.6 Å². The van der Waals surface area contributed by atoms with E-state index in [1.165, 1.54) is 12.1 Å². The third kappa shape index (κ3) is 3.67. The van der Waals surface area contributed by atoms with Crippen LogP contribution in [-0.2, 0) is 12.8 Å². The molecule has 112 valence electrons. The second-order valence-corrected chi connectivity index (χ2v) is 5.72. The Kier molecular flexibility index (Phi) is 4.29. The van der Waals surface area contributed by atoms with Crippen molar-refractivity contribution in [3.8, 4) is 0 Å². The summed E-state index contributed by atoms with van der Waals surface area (Å²) in [5.41, 5.74) is 0.946. The fourth-order valence-corrected chi connectivity index (χ4v) is 2.88. The number of nitrogens with zero attached hydrogens (tertiary/aromatic N) is 2. The van der Waals surface area contributed by atoms with E-state index >= 15 is 0 Å². The van der Waals surface area contributed by atoms with Gasteiger partial charge in [-0.1, -0.05) is 30.1 Å². The van der Waals surface area contributed by atoms with Gasteiger partial charge in [-0.25, -0.2) is 4.39 Å². The maximum atomic E-state index is 12.9. The Labute approximate surface area is 123 Å². The van der Waals surface area contributed by atoms with E-state index in [1.54, 1.807) is 12.1 Å². The van der Waals surface area contributed by atoms with Gasteiger partial charge in [0.25, 0.3) is 0 Å². The molecule has 1 aliphatic rings. The summed E-state index contributed by atoms with van der Waals surface area (Å²) in [4.78, 5) is 4.37. The van der Waals surface area contributed by atoms with Gasteiger partial charge >= 0.3 is 0 Å². The van der Waals surface area contributed by atoms with Crippen molar-refractivity contribution in [2.75, 3.05) is 0 Å². The first-order valence-electron chi connectivity index (χ1n) is 7.44. The van der Waals surface area contributed by atoms with Crippen LogP contribution in [0.25, 0.3) is 0 Å². The standard InChI is InChI=1S/C16H19FN2O2/c17-13-7-5-11(6-8-13)9-15-18-16(21-19-15)10-12-3-1-2-4-14(12)20/h5-8,12,14,20H,1-4,9-10H2. The summed E-state index contributed by atoms with van der Waals surface area (Å²) in [6.07, 6.45) is 5.02. The number of hydrogen-bond donors (Lipinski definition) is 1. The van der Waals surface area contributed by atoms with E-state index in [0.717, 1.165) is 31.2 Å². The van der Waals surface area contributed by atoms with Crippen LogP contribution < -0.4 is 0 Å². The van der Waals surface area contributed by atoms with Crippen LogP contribution >= 0.6 is 0 Å². The van der Waals surface area contributed by atoms with Gasteiger partial charge in [-0.2, -0.15) is 4.98 Å². The summed E-state index contributed by atoms with van der Waals surface area (Å²) in [5.74, 6) is 1.15. The number of rotatable bonds is 4.